The van der Waals surface area contributed by atoms with Gasteiger partial charge in [0.15, 0.2) is 0 Å². The minimum Gasteiger partial charge on any atom is -0.329 e. The minimum atomic E-state index is -3.17. The van der Waals surface area contributed by atoms with E-state index in [1.807, 2.05) is 20.8 Å². The second-order valence-electron chi connectivity index (χ2n) is 3.97. The van der Waals surface area contributed by atoms with Crippen molar-refractivity contribution in [3.05, 3.63) is 0 Å². The molecule has 0 rings (SSSR count). The highest BCUT2D eigenvalue weighted by Crippen LogP contribution is 2.15. The number of hydrogen-bond acceptors (Lipinski definition) is 3. The summed E-state index contributed by atoms with van der Waals surface area (Å²) >= 11 is 0. The molecule has 0 unspecified atom stereocenters. The van der Waals surface area contributed by atoms with E-state index < -0.39 is 15.6 Å². The number of rotatable bonds is 8. The first-order chi connectivity index (χ1) is 6.95. The number of nitrogens with one attached hydrogen (secondary N) is 1. The van der Waals surface area contributed by atoms with Crippen molar-refractivity contribution < 1.29 is 8.42 Å². The maximum absolute atomic E-state index is 11.7. The molecular formula is C10H25ClN2O2S. The first-order valence-corrected chi connectivity index (χ1v) is 7.32. The van der Waals surface area contributed by atoms with E-state index in [1.54, 1.807) is 0 Å². The van der Waals surface area contributed by atoms with Crippen molar-refractivity contribution in [2.75, 3.05) is 12.3 Å². The van der Waals surface area contributed by atoms with Gasteiger partial charge in [-0.3, -0.25) is 0 Å². The summed E-state index contributed by atoms with van der Waals surface area (Å²) in [6.07, 6.45) is 3.04. The molecule has 0 atom stereocenters. The zero-order valence-corrected chi connectivity index (χ0v) is 12.1. The molecule has 0 saturated heterocycles. The fourth-order valence-electron chi connectivity index (χ4n) is 1.44. The maximum atomic E-state index is 11.7. The van der Waals surface area contributed by atoms with E-state index in [4.69, 9.17) is 5.73 Å². The quantitative estimate of drug-likeness (QED) is 0.706. The van der Waals surface area contributed by atoms with Gasteiger partial charge in [-0.15, -0.1) is 12.4 Å². The normalized spacial score (nSPS) is 12.2. The predicted molar refractivity (Wildman–Crippen MR) is 71.4 cm³/mol. The predicted octanol–water partition coefficient (Wildman–Crippen LogP) is 1.65. The standard InChI is InChI=1S/C10H24N2O2S.ClH/c1-4-7-8-15(13,14)12-10(5-2,6-3)9-11;/h12H,4-9,11H2,1-3H3;1H. The van der Waals surface area contributed by atoms with Gasteiger partial charge in [-0.2, -0.15) is 0 Å². The Kier molecular flexibility index (Phi) is 9.59. The van der Waals surface area contributed by atoms with E-state index in [9.17, 15) is 8.42 Å². The molecule has 0 aliphatic carbocycles. The van der Waals surface area contributed by atoms with Gasteiger partial charge < -0.3 is 5.73 Å². The van der Waals surface area contributed by atoms with Crippen molar-refractivity contribution in [3.63, 3.8) is 0 Å². The molecule has 16 heavy (non-hydrogen) atoms. The summed E-state index contributed by atoms with van der Waals surface area (Å²) in [7, 11) is -3.17. The van der Waals surface area contributed by atoms with Crippen molar-refractivity contribution in [2.24, 2.45) is 5.73 Å². The first-order valence-electron chi connectivity index (χ1n) is 5.67. The van der Waals surface area contributed by atoms with E-state index >= 15 is 0 Å². The van der Waals surface area contributed by atoms with Crippen LogP contribution in [0.3, 0.4) is 0 Å². The molecule has 0 radical (unpaired) electrons. The van der Waals surface area contributed by atoms with Crippen LogP contribution in [-0.2, 0) is 10.0 Å². The van der Waals surface area contributed by atoms with Crippen molar-refractivity contribution in [3.8, 4) is 0 Å². The lowest BCUT2D eigenvalue weighted by Crippen LogP contribution is -2.53. The average molecular weight is 273 g/mol. The first kappa shape index (κ1) is 18.5. The molecule has 6 heteroatoms. The molecule has 0 fully saturated rings. The van der Waals surface area contributed by atoms with Crippen molar-refractivity contribution in [2.45, 2.75) is 52.0 Å². The Morgan fingerprint density at radius 2 is 1.69 bits per heavy atom. The number of halogens is 1. The lowest BCUT2D eigenvalue weighted by atomic mass is 9.95. The van der Waals surface area contributed by atoms with Crippen LogP contribution >= 0.6 is 12.4 Å². The highest BCUT2D eigenvalue weighted by Gasteiger charge is 2.29. The maximum Gasteiger partial charge on any atom is 0.212 e. The highest BCUT2D eigenvalue weighted by atomic mass is 35.5. The molecule has 100 valence electrons. The lowest BCUT2D eigenvalue weighted by molar-refractivity contribution is 0.363. The third kappa shape index (κ3) is 6.03. The summed E-state index contributed by atoms with van der Waals surface area (Å²) in [6, 6.07) is 0. The SMILES string of the molecule is CCCCS(=O)(=O)NC(CC)(CC)CN.Cl. The molecule has 0 heterocycles. The molecule has 0 aliphatic rings. The monoisotopic (exact) mass is 272 g/mol. The molecule has 0 aromatic carbocycles. The van der Waals surface area contributed by atoms with Gasteiger partial charge in [0.25, 0.3) is 0 Å². The van der Waals surface area contributed by atoms with E-state index in [-0.39, 0.29) is 18.2 Å². The topological polar surface area (TPSA) is 72.2 Å². The van der Waals surface area contributed by atoms with Crippen LogP contribution in [0.5, 0.6) is 0 Å². The Balaban J connectivity index is 0. The van der Waals surface area contributed by atoms with Crippen LogP contribution < -0.4 is 10.5 Å². The molecule has 0 aliphatic heterocycles. The Labute approximate surface area is 106 Å². The summed E-state index contributed by atoms with van der Waals surface area (Å²) in [5.41, 5.74) is 5.19. The molecule has 4 nitrogen and oxygen atoms in total. The number of hydrogen-bond donors (Lipinski definition) is 2. The fraction of sp³-hybridized carbons (Fsp3) is 1.00. The molecule has 0 bridgehead atoms. The van der Waals surface area contributed by atoms with Crippen molar-refractivity contribution in [1.29, 1.82) is 0 Å². The number of unbranched alkanes of at least 4 members (excludes halogenated alkanes) is 1. The molecular weight excluding hydrogens is 248 g/mol. The smallest absolute Gasteiger partial charge is 0.212 e. The zero-order chi connectivity index (χ0) is 11.9. The second-order valence-corrected chi connectivity index (χ2v) is 5.81. The van der Waals surface area contributed by atoms with Gasteiger partial charge in [-0.05, 0) is 19.3 Å². The summed E-state index contributed by atoms with van der Waals surface area (Å²) in [5.74, 6) is 0.200. The van der Waals surface area contributed by atoms with Crippen LogP contribution in [-0.4, -0.2) is 26.3 Å². The van der Waals surface area contributed by atoms with Crippen LogP contribution in [0.4, 0.5) is 0 Å². The third-order valence-electron chi connectivity index (χ3n) is 2.88. The van der Waals surface area contributed by atoms with Gasteiger partial charge in [0.1, 0.15) is 0 Å². The Hall–Kier alpha value is 0.160. The molecule has 0 amide bonds. The zero-order valence-electron chi connectivity index (χ0n) is 10.5. The summed E-state index contributed by atoms with van der Waals surface area (Å²) in [6.45, 7) is 6.24. The second kappa shape index (κ2) is 8.28. The van der Waals surface area contributed by atoms with Gasteiger partial charge >= 0.3 is 0 Å². The van der Waals surface area contributed by atoms with E-state index in [1.165, 1.54) is 0 Å². The summed E-state index contributed by atoms with van der Waals surface area (Å²) < 4.78 is 26.2. The molecule has 0 aromatic rings. The molecule has 0 aromatic heterocycles. The number of nitrogens with two attached hydrogens (primary N) is 1. The van der Waals surface area contributed by atoms with Crippen molar-refractivity contribution >= 4 is 22.4 Å². The lowest BCUT2D eigenvalue weighted by Gasteiger charge is -2.30. The summed E-state index contributed by atoms with van der Waals surface area (Å²) in [5, 5.41) is 0. The average Bonchev–Trinajstić information content (AvgIpc) is 2.23. The Morgan fingerprint density at radius 3 is 2.00 bits per heavy atom. The van der Waals surface area contributed by atoms with E-state index in [0.717, 1.165) is 19.3 Å². The number of sulfonamides is 1. The fourth-order valence-corrected chi connectivity index (χ4v) is 3.24. The van der Waals surface area contributed by atoms with E-state index in [0.29, 0.717) is 13.0 Å². The largest absolute Gasteiger partial charge is 0.329 e. The molecule has 3 N–H and O–H groups in total. The molecule has 0 spiro atoms. The van der Waals surface area contributed by atoms with Gasteiger partial charge in [0, 0.05) is 12.1 Å². The van der Waals surface area contributed by atoms with Gasteiger partial charge in [0.2, 0.25) is 10.0 Å². The minimum absolute atomic E-state index is 0. The van der Waals surface area contributed by atoms with Crippen LogP contribution in [0.2, 0.25) is 0 Å². The van der Waals surface area contributed by atoms with Crippen LogP contribution in [0.25, 0.3) is 0 Å². The highest BCUT2D eigenvalue weighted by molar-refractivity contribution is 7.89. The van der Waals surface area contributed by atoms with Crippen LogP contribution in [0, 0.1) is 0 Å². The van der Waals surface area contributed by atoms with Gasteiger partial charge in [0.05, 0.1) is 5.75 Å². The Bertz CT molecular complexity index is 256. The van der Waals surface area contributed by atoms with E-state index in [2.05, 4.69) is 4.72 Å². The van der Waals surface area contributed by atoms with Gasteiger partial charge in [-0.1, -0.05) is 27.2 Å². The Morgan fingerprint density at radius 1 is 1.19 bits per heavy atom. The third-order valence-corrected chi connectivity index (χ3v) is 4.45. The summed E-state index contributed by atoms with van der Waals surface area (Å²) in [4.78, 5) is 0. The molecule has 0 saturated carbocycles. The van der Waals surface area contributed by atoms with Gasteiger partial charge in [-0.25, -0.2) is 13.1 Å². The van der Waals surface area contributed by atoms with Crippen LogP contribution in [0.15, 0.2) is 0 Å². The van der Waals surface area contributed by atoms with Crippen molar-refractivity contribution in [1.82, 2.24) is 4.72 Å². The van der Waals surface area contributed by atoms with Crippen LogP contribution in [0.1, 0.15) is 46.5 Å².